The van der Waals surface area contributed by atoms with E-state index in [-0.39, 0.29) is 5.91 Å². The van der Waals surface area contributed by atoms with Gasteiger partial charge in [-0.3, -0.25) is 9.10 Å². The molecular formula is C23H26N2O3S. The molecule has 152 valence electrons. The van der Waals surface area contributed by atoms with Gasteiger partial charge in [-0.15, -0.1) is 0 Å². The highest BCUT2D eigenvalue weighted by molar-refractivity contribution is 7.92. The molecule has 0 spiro atoms. The Morgan fingerprint density at radius 1 is 0.966 bits per heavy atom. The van der Waals surface area contributed by atoms with E-state index in [0.717, 1.165) is 34.6 Å². The molecule has 1 unspecified atom stereocenters. The summed E-state index contributed by atoms with van der Waals surface area (Å²) in [5, 5.41) is 5.10. The number of sulfonamides is 1. The van der Waals surface area contributed by atoms with Crippen molar-refractivity contribution in [1.82, 2.24) is 5.32 Å². The third kappa shape index (κ3) is 4.95. The standard InChI is InChI=1S/C23H26N2O3S/c1-4-18-10-13-22(14-11-18)25(29(3,27)28)17(2)23(26)24-16-19-9-12-20-7-5-6-8-21(20)15-19/h5-15,17H,4,16H2,1-3H3,(H,24,26). The van der Waals surface area contributed by atoms with Crippen molar-refractivity contribution < 1.29 is 13.2 Å². The van der Waals surface area contributed by atoms with Gasteiger partial charge in [0.25, 0.3) is 0 Å². The van der Waals surface area contributed by atoms with Crippen LogP contribution in [-0.4, -0.2) is 26.6 Å². The Kier molecular flexibility index (Phi) is 6.23. The van der Waals surface area contributed by atoms with Crippen LogP contribution in [0.4, 0.5) is 5.69 Å². The van der Waals surface area contributed by atoms with Crippen LogP contribution in [0.25, 0.3) is 10.8 Å². The van der Waals surface area contributed by atoms with Gasteiger partial charge in [-0.1, -0.05) is 55.5 Å². The molecule has 0 bridgehead atoms. The van der Waals surface area contributed by atoms with E-state index in [9.17, 15) is 13.2 Å². The van der Waals surface area contributed by atoms with Crippen LogP contribution in [-0.2, 0) is 27.8 Å². The van der Waals surface area contributed by atoms with E-state index in [2.05, 4.69) is 5.32 Å². The lowest BCUT2D eigenvalue weighted by Crippen LogP contribution is -2.47. The molecule has 0 saturated heterocycles. The summed E-state index contributed by atoms with van der Waals surface area (Å²) in [6.45, 7) is 3.97. The van der Waals surface area contributed by atoms with Crippen molar-refractivity contribution in [3.63, 3.8) is 0 Å². The van der Waals surface area contributed by atoms with E-state index in [1.807, 2.05) is 61.5 Å². The molecule has 0 aliphatic heterocycles. The molecular weight excluding hydrogens is 384 g/mol. The van der Waals surface area contributed by atoms with Crippen LogP contribution in [0.2, 0.25) is 0 Å². The summed E-state index contributed by atoms with van der Waals surface area (Å²) < 4.78 is 26.0. The largest absolute Gasteiger partial charge is 0.350 e. The molecule has 0 saturated carbocycles. The molecule has 29 heavy (non-hydrogen) atoms. The fourth-order valence-electron chi connectivity index (χ4n) is 3.37. The number of aryl methyl sites for hydroxylation is 1. The van der Waals surface area contributed by atoms with Gasteiger partial charge in [0.1, 0.15) is 6.04 Å². The summed E-state index contributed by atoms with van der Waals surface area (Å²) in [4.78, 5) is 12.7. The number of anilines is 1. The number of fused-ring (bicyclic) bond motifs is 1. The second-order valence-corrected chi connectivity index (χ2v) is 9.01. The lowest BCUT2D eigenvalue weighted by molar-refractivity contribution is -0.122. The first kappa shape index (κ1) is 20.9. The van der Waals surface area contributed by atoms with Gasteiger partial charge in [0, 0.05) is 6.54 Å². The predicted molar refractivity (Wildman–Crippen MR) is 118 cm³/mol. The van der Waals surface area contributed by atoms with Crippen LogP contribution in [0.3, 0.4) is 0 Å². The van der Waals surface area contributed by atoms with Gasteiger partial charge in [-0.2, -0.15) is 0 Å². The number of hydrogen-bond acceptors (Lipinski definition) is 3. The van der Waals surface area contributed by atoms with E-state index in [1.165, 1.54) is 4.31 Å². The number of benzene rings is 3. The topological polar surface area (TPSA) is 66.5 Å². The van der Waals surface area contributed by atoms with Crippen molar-refractivity contribution in [1.29, 1.82) is 0 Å². The fraction of sp³-hybridized carbons (Fsp3) is 0.261. The predicted octanol–water partition coefficient (Wildman–Crippen LogP) is 3.87. The third-order valence-corrected chi connectivity index (χ3v) is 6.21. The monoisotopic (exact) mass is 410 g/mol. The van der Waals surface area contributed by atoms with Crippen LogP contribution >= 0.6 is 0 Å². The highest BCUT2D eigenvalue weighted by Crippen LogP contribution is 2.22. The van der Waals surface area contributed by atoms with Crippen LogP contribution in [0.1, 0.15) is 25.0 Å². The first-order valence-corrected chi connectivity index (χ1v) is 11.5. The van der Waals surface area contributed by atoms with Gasteiger partial charge in [0.15, 0.2) is 0 Å². The maximum absolute atomic E-state index is 12.7. The third-order valence-electron chi connectivity index (χ3n) is 4.97. The zero-order chi connectivity index (χ0) is 21.0. The molecule has 1 amide bonds. The summed E-state index contributed by atoms with van der Waals surface area (Å²) in [7, 11) is -3.62. The number of rotatable bonds is 7. The van der Waals surface area contributed by atoms with E-state index in [4.69, 9.17) is 0 Å². The molecule has 3 aromatic carbocycles. The first-order chi connectivity index (χ1) is 13.8. The Hall–Kier alpha value is -2.86. The van der Waals surface area contributed by atoms with E-state index in [0.29, 0.717) is 12.2 Å². The minimum absolute atomic E-state index is 0.334. The summed E-state index contributed by atoms with van der Waals surface area (Å²) in [6.07, 6.45) is 1.98. The molecule has 0 aliphatic carbocycles. The number of nitrogens with one attached hydrogen (secondary N) is 1. The average Bonchev–Trinajstić information content (AvgIpc) is 2.71. The van der Waals surface area contributed by atoms with Gasteiger partial charge in [-0.25, -0.2) is 8.42 Å². The number of amides is 1. The molecule has 1 N–H and O–H groups in total. The van der Waals surface area contributed by atoms with E-state index in [1.54, 1.807) is 19.1 Å². The van der Waals surface area contributed by atoms with Gasteiger partial charge >= 0.3 is 0 Å². The van der Waals surface area contributed by atoms with E-state index >= 15 is 0 Å². The fourth-order valence-corrected chi connectivity index (χ4v) is 4.55. The summed E-state index contributed by atoms with van der Waals surface area (Å²) in [5.41, 5.74) is 2.55. The quantitative estimate of drug-likeness (QED) is 0.643. The molecule has 0 aliphatic rings. The Morgan fingerprint density at radius 3 is 2.21 bits per heavy atom. The summed E-state index contributed by atoms with van der Waals surface area (Å²) in [5.74, 6) is -0.344. The highest BCUT2D eigenvalue weighted by Gasteiger charge is 2.28. The number of carbonyl (C=O) groups excluding carboxylic acids is 1. The smallest absolute Gasteiger partial charge is 0.243 e. The maximum Gasteiger partial charge on any atom is 0.243 e. The van der Waals surface area contributed by atoms with Gasteiger partial charge < -0.3 is 5.32 Å². The average molecular weight is 411 g/mol. The Morgan fingerprint density at radius 2 is 1.59 bits per heavy atom. The first-order valence-electron chi connectivity index (χ1n) is 9.63. The molecule has 0 heterocycles. The SMILES string of the molecule is CCc1ccc(N(C(C)C(=O)NCc2ccc3ccccc3c2)S(C)(=O)=O)cc1. The Balaban J connectivity index is 1.76. The molecule has 0 radical (unpaired) electrons. The number of nitrogens with zero attached hydrogens (tertiary/aromatic N) is 1. The molecule has 5 nitrogen and oxygen atoms in total. The number of hydrogen-bond donors (Lipinski definition) is 1. The van der Waals surface area contributed by atoms with Crippen molar-refractivity contribution >= 4 is 32.4 Å². The van der Waals surface area contributed by atoms with Crippen molar-refractivity contribution in [2.24, 2.45) is 0 Å². The second-order valence-electron chi connectivity index (χ2n) is 7.15. The summed E-state index contributed by atoms with van der Waals surface area (Å²) >= 11 is 0. The van der Waals surface area contributed by atoms with Gasteiger partial charge in [0.2, 0.25) is 15.9 Å². The van der Waals surface area contributed by atoms with Crippen molar-refractivity contribution in [3.8, 4) is 0 Å². The zero-order valence-corrected chi connectivity index (χ0v) is 17.7. The molecule has 0 aromatic heterocycles. The number of carbonyl (C=O) groups is 1. The van der Waals surface area contributed by atoms with Gasteiger partial charge in [0.05, 0.1) is 11.9 Å². The van der Waals surface area contributed by atoms with Crippen LogP contribution < -0.4 is 9.62 Å². The van der Waals surface area contributed by atoms with Crippen molar-refractivity contribution in [2.45, 2.75) is 32.9 Å². The zero-order valence-electron chi connectivity index (χ0n) is 16.9. The van der Waals surface area contributed by atoms with E-state index < -0.39 is 16.1 Å². The highest BCUT2D eigenvalue weighted by atomic mass is 32.2. The van der Waals surface area contributed by atoms with Crippen LogP contribution in [0.5, 0.6) is 0 Å². The maximum atomic E-state index is 12.7. The molecule has 3 aromatic rings. The summed E-state index contributed by atoms with van der Waals surface area (Å²) in [6, 6.07) is 20.4. The Bertz CT molecular complexity index is 1110. The lowest BCUT2D eigenvalue weighted by atomic mass is 10.1. The van der Waals surface area contributed by atoms with Crippen LogP contribution in [0.15, 0.2) is 66.7 Å². The minimum Gasteiger partial charge on any atom is -0.350 e. The minimum atomic E-state index is -3.62. The molecule has 6 heteroatoms. The normalized spacial score (nSPS) is 12.5. The molecule has 3 rings (SSSR count). The Labute approximate surface area is 172 Å². The van der Waals surface area contributed by atoms with Gasteiger partial charge in [-0.05, 0) is 53.4 Å². The van der Waals surface area contributed by atoms with Crippen molar-refractivity contribution in [3.05, 3.63) is 77.9 Å². The lowest BCUT2D eigenvalue weighted by Gasteiger charge is -2.28. The van der Waals surface area contributed by atoms with Crippen molar-refractivity contribution in [2.75, 3.05) is 10.6 Å². The second kappa shape index (κ2) is 8.66. The van der Waals surface area contributed by atoms with Crippen LogP contribution in [0, 0.1) is 0 Å². The molecule has 0 fully saturated rings. The molecule has 1 atom stereocenters.